The second kappa shape index (κ2) is 7.14. The molecule has 1 aliphatic rings. The molecule has 6 nitrogen and oxygen atoms in total. The van der Waals surface area contributed by atoms with Crippen LogP contribution in [0.1, 0.15) is 30.8 Å². The Bertz CT molecular complexity index is 802. The van der Waals surface area contributed by atoms with Gasteiger partial charge in [-0.3, -0.25) is 4.79 Å². The molecule has 3 rings (SSSR count). The van der Waals surface area contributed by atoms with Crippen molar-refractivity contribution in [3.8, 4) is 0 Å². The Labute approximate surface area is 145 Å². The summed E-state index contributed by atoms with van der Waals surface area (Å²) >= 11 is 0. The molecule has 7 heteroatoms. The van der Waals surface area contributed by atoms with E-state index in [2.05, 4.69) is 10.2 Å². The number of benzene rings is 1. The monoisotopic (exact) mass is 344 g/mol. The van der Waals surface area contributed by atoms with Crippen LogP contribution in [-0.4, -0.2) is 45.3 Å². The molecule has 2 heterocycles. The lowest BCUT2D eigenvalue weighted by atomic mass is 10.1. The number of halogens is 1. The van der Waals surface area contributed by atoms with Crippen LogP contribution in [-0.2, 0) is 16.6 Å². The highest BCUT2D eigenvalue weighted by molar-refractivity contribution is 5.95. The van der Waals surface area contributed by atoms with Gasteiger partial charge in [0.05, 0.1) is 12.1 Å². The third kappa shape index (κ3) is 3.61. The molecule has 132 valence electrons. The molecule has 2 atom stereocenters. The van der Waals surface area contributed by atoms with E-state index >= 15 is 0 Å². The Morgan fingerprint density at radius 3 is 2.88 bits per heavy atom. The maximum Gasteiger partial charge on any atom is 0.247 e. The molecule has 0 radical (unpaired) electrons. The van der Waals surface area contributed by atoms with E-state index in [9.17, 15) is 9.18 Å². The fraction of sp³-hybridized carbons (Fsp3) is 0.389. The van der Waals surface area contributed by atoms with Crippen LogP contribution in [0.25, 0.3) is 5.57 Å². The fourth-order valence-electron chi connectivity index (χ4n) is 3.14. The summed E-state index contributed by atoms with van der Waals surface area (Å²) in [5, 5.41) is 8.05. The molecular weight excluding hydrogens is 323 g/mol. The summed E-state index contributed by atoms with van der Waals surface area (Å²) in [5.74, 6) is 0.259. The molecule has 2 aromatic rings. The summed E-state index contributed by atoms with van der Waals surface area (Å²) in [4.78, 5) is 14.6. The molecule has 1 aromatic carbocycles. The minimum absolute atomic E-state index is 0.0477. The maximum atomic E-state index is 13.4. The fourth-order valence-corrected chi connectivity index (χ4v) is 3.14. The summed E-state index contributed by atoms with van der Waals surface area (Å²) in [5.41, 5.74) is 1.40. The summed E-state index contributed by atoms with van der Waals surface area (Å²) in [6.45, 7) is 2.29. The molecule has 1 aromatic heterocycles. The summed E-state index contributed by atoms with van der Waals surface area (Å²) < 4.78 is 20.7. The molecule has 0 aliphatic carbocycles. The topological polar surface area (TPSA) is 60.3 Å². The first kappa shape index (κ1) is 17.3. The second-order valence-corrected chi connectivity index (χ2v) is 6.24. The first-order valence-electron chi connectivity index (χ1n) is 8.11. The van der Waals surface area contributed by atoms with Crippen molar-refractivity contribution in [1.82, 2.24) is 19.7 Å². The number of likely N-dealkylation sites (tertiary alicyclic amines) is 1. The maximum absolute atomic E-state index is 13.4. The van der Waals surface area contributed by atoms with Crippen molar-refractivity contribution in [3.05, 3.63) is 53.9 Å². The molecule has 0 unspecified atom stereocenters. The lowest BCUT2D eigenvalue weighted by Gasteiger charge is -2.22. The van der Waals surface area contributed by atoms with E-state index in [4.69, 9.17) is 4.74 Å². The first-order valence-corrected chi connectivity index (χ1v) is 8.11. The van der Waals surface area contributed by atoms with E-state index in [1.165, 1.54) is 18.2 Å². The highest BCUT2D eigenvalue weighted by Crippen LogP contribution is 2.32. The predicted molar refractivity (Wildman–Crippen MR) is 90.9 cm³/mol. The number of hydrogen-bond donors (Lipinski definition) is 0. The van der Waals surface area contributed by atoms with Crippen LogP contribution >= 0.6 is 0 Å². The van der Waals surface area contributed by atoms with Crippen LogP contribution in [0.3, 0.4) is 0 Å². The van der Waals surface area contributed by atoms with Crippen molar-refractivity contribution >= 4 is 11.5 Å². The number of amides is 1. The van der Waals surface area contributed by atoms with Gasteiger partial charge in [-0.2, -0.15) is 0 Å². The molecule has 1 saturated heterocycles. The van der Waals surface area contributed by atoms with E-state index in [1.54, 1.807) is 37.4 Å². The molecule has 0 bridgehead atoms. The number of rotatable bonds is 4. The van der Waals surface area contributed by atoms with Crippen LogP contribution in [0.5, 0.6) is 0 Å². The number of carbonyl (C=O) groups is 1. The first-order chi connectivity index (χ1) is 12.0. The van der Waals surface area contributed by atoms with Gasteiger partial charge in [0.15, 0.2) is 5.82 Å². The lowest BCUT2D eigenvalue weighted by molar-refractivity contribution is -0.127. The number of nitrogens with zero attached hydrogens (tertiary/aromatic N) is 4. The van der Waals surface area contributed by atoms with E-state index in [-0.39, 0.29) is 23.9 Å². The zero-order chi connectivity index (χ0) is 18.0. The molecule has 1 amide bonds. The van der Waals surface area contributed by atoms with E-state index < -0.39 is 0 Å². The van der Waals surface area contributed by atoms with Crippen molar-refractivity contribution in [2.45, 2.75) is 25.5 Å². The Morgan fingerprint density at radius 1 is 1.44 bits per heavy atom. The van der Waals surface area contributed by atoms with Gasteiger partial charge in [-0.1, -0.05) is 12.1 Å². The van der Waals surface area contributed by atoms with Crippen molar-refractivity contribution in [3.63, 3.8) is 0 Å². The zero-order valence-electron chi connectivity index (χ0n) is 14.5. The highest BCUT2D eigenvalue weighted by atomic mass is 19.1. The summed E-state index contributed by atoms with van der Waals surface area (Å²) in [6, 6.07) is 6.02. The SMILES string of the molecule is CO[C@@H]1C[C@@H](c2nncn2C)N(C(=O)/C=C(\C)c2cccc(F)c2)C1. The van der Waals surface area contributed by atoms with Crippen LogP contribution in [0.15, 0.2) is 36.7 Å². The van der Waals surface area contributed by atoms with Gasteiger partial charge in [0.1, 0.15) is 12.1 Å². The minimum atomic E-state index is -0.324. The zero-order valence-corrected chi connectivity index (χ0v) is 14.5. The van der Waals surface area contributed by atoms with Crippen molar-refractivity contribution in [2.75, 3.05) is 13.7 Å². The number of aromatic nitrogens is 3. The molecule has 1 fully saturated rings. The van der Waals surface area contributed by atoms with Crippen molar-refractivity contribution < 1.29 is 13.9 Å². The van der Waals surface area contributed by atoms with Gasteiger partial charge in [-0.15, -0.1) is 10.2 Å². The predicted octanol–water partition coefficient (Wildman–Crippen LogP) is 2.35. The van der Waals surface area contributed by atoms with Gasteiger partial charge in [0.2, 0.25) is 5.91 Å². The normalized spacial score (nSPS) is 21.0. The summed E-state index contributed by atoms with van der Waals surface area (Å²) in [7, 11) is 3.49. The van der Waals surface area contributed by atoms with Crippen molar-refractivity contribution in [2.24, 2.45) is 7.05 Å². The average molecular weight is 344 g/mol. The third-order valence-corrected chi connectivity index (χ3v) is 4.54. The second-order valence-electron chi connectivity index (χ2n) is 6.24. The molecular formula is C18H21FN4O2. The number of carbonyl (C=O) groups excluding carboxylic acids is 1. The molecule has 1 aliphatic heterocycles. The highest BCUT2D eigenvalue weighted by Gasteiger charge is 2.38. The quantitative estimate of drug-likeness (QED) is 0.799. The van der Waals surface area contributed by atoms with Crippen LogP contribution in [0.4, 0.5) is 4.39 Å². The standard InChI is InChI=1S/C18H21FN4O2/c1-12(13-5-4-6-14(19)8-13)7-17(24)23-10-15(25-3)9-16(23)18-21-20-11-22(18)2/h4-8,11,15-16H,9-10H2,1-3H3/b12-7+/t15-,16+/m1/s1. The Balaban J connectivity index is 1.86. The number of allylic oxidation sites excluding steroid dienone is 1. The van der Waals surface area contributed by atoms with E-state index in [1.807, 2.05) is 11.6 Å². The van der Waals surface area contributed by atoms with Gasteiger partial charge >= 0.3 is 0 Å². The number of methoxy groups -OCH3 is 1. The largest absolute Gasteiger partial charge is 0.380 e. The van der Waals surface area contributed by atoms with Gasteiger partial charge in [0.25, 0.3) is 0 Å². The van der Waals surface area contributed by atoms with Gasteiger partial charge in [0, 0.05) is 33.2 Å². The molecule has 0 N–H and O–H groups in total. The smallest absolute Gasteiger partial charge is 0.247 e. The van der Waals surface area contributed by atoms with E-state index in [0.29, 0.717) is 24.1 Å². The van der Waals surface area contributed by atoms with Crippen LogP contribution in [0, 0.1) is 5.82 Å². The lowest BCUT2D eigenvalue weighted by Crippen LogP contribution is -2.31. The third-order valence-electron chi connectivity index (χ3n) is 4.54. The van der Waals surface area contributed by atoms with Gasteiger partial charge in [-0.05, 0) is 30.2 Å². The molecule has 0 saturated carbocycles. The summed E-state index contributed by atoms with van der Waals surface area (Å²) in [6.07, 6.45) is 3.78. The van der Waals surface area contributed by atoms with E-state index in [0.717, 1.165) is 5.82 Å². The number of ether oxygens (including phenoxy) is 1. The molecule has 0 spiro atoms. The Hall–Kier alpha value is -2.54. The van der Waals surface area contributed by atoms with Crippen LogP contribution in [0.2, 0.25) is 0 Å². The van der Waals surface area contributed by atoms with Gasteiger partial charge in [-0.25, -0.2) is 4.39 Å². The Kier molecular flexibility index (Phi) is 4.94. The van der Waals surface area contributed by atoms with Crippen molar-refractivity contribution in [1.29, 1.82) is 0 Å². The van der Waals surface area contributed by atoms with Gasteiger partial charge < -0.3 is 14.2 Å². The number of aryl methyl sites for hydroxylation is 1. The number of hydrogen-bond acceptors (Lipinski definition) is 4. The Morgan fingerprint density at radius 2 is 2.24 bits per heavy atom. The molecule has 25 heavy (non-hydrogen) atoms. The minimum Gasteiger partial charge on any atom is -0.380 e. The van der Waals surface area contributed by atoms with Crippen LogP contribution < -0.4 is 0 Å². The average Bonchev–Trinajstić information content (AvgIpc) is 3.20.